The summed E-state index contributed by atoms with van der Waals surface area (Å²) in [6, 6.07) is 10.7. The number of pyridine rings is 1. The number of rotatable bonds is 4. The second-order valence-corrected chi connectivity index (χ2v) is 5.22. The van der Waals surface area contributed by atoms with E-state index in [0.717, 1.165) is 11.1 Å². The fourth-order valence-corrected chi connectivity index (χ4v) is 2.32. The highest BCUT2D eigenvalue weighted by Gasteiger charge is 2.16. The Morgan fingerprint density at radius 3 is 3.04 bits per heavy atom. The summed E-state index contributed by atoms with van der Waals surface area (Å²) in [7, 11) is 0. The number of aromatic nitrogens is 3. The van der Waals surface area contributed by atoms with Gasteiger partial charge in [0.2, 0.25) is 6.79 Å². The van der Waals surface area contributed by atoms with Gasteiger partial charge in [-0.2, -0.15) is 10.2 Å². The molecule has 1 aromatic carbocycles. The lowest BCUT2D eigenvalue weighted by atomic mass is 10.1. The van der Waals surface area contributed by atoms with Gasteiger partial charge in [0.15, 0.2) is 11.5 Å². The molecule has 0 spiro atoms. The van der Waals surface area contributed by atoms with Crippen LogP contribution in [0.4, 0.5) is 0 Å². The first-order valence-electron chi connectivity index (χ1n) is 7.48. The average Bonchev–Trinajstić information content (AvgIpc) is 3.31. The summed E-state index contributed by atoms with van der Waals surface area (Å²) >= 11 is 0. The molecule has 0 saturated carbocycles. The summed E-state index contributed by atoms with van der Waals surface area (Å²) in [5.74, 6) is 0.967. The summed E-state index contributed by atoms with van der Waals surface area (Å²) in [4.78, 5) is 16.1. The molecular formula is C17H13N5O3. The number of hydrogen-bond donors (Lipinski definition) is 2. The van der Waals surface area contributed by atoms with E-state index < -0.39 is 0 Å². The number of ether oxygens (including phenoxy) is 2. The van der Waals surface area contributed by atoms with Crippen molar-refractivity contribution in [3.05, 3.63) is 60.0 Å². The Morgan fingerprint density at radius 2 is 2.16 bits per heavy atom. The molecule has 1 amide bonds. The van der Waals surface area contributed by atoms with Crippen LogP contribution in [0.5, 0.6) is 11.5 Å². The topological polar surface area (TPSA) is 101 Å². The zero-order chi connectivity index (χ0) is 17.1. The normalized spacial score (nSPS) is 12.5. The van der Waals surface area contributed by atoms with Gasteiger partial charge in [0.1, 0.15) is 5.69 Å². The molecule has 0 atom stereocenters. The van der Waals surface area contributed by atoms with Crippen LogP contribution in [0.15, 0.2) is 53.9 Å². The first kappa shape index (κ1) is 14.9. The summed E-state index contributed by atoms with van der Waals surface area (Å²) in [6.45, 7) is 0.210. The van der Waals surface area contributed by atoms with E-state index in [1.165, 1.54) is 6.21 Å². The molecule has 0 bridgehead atoms. The van der Waals surface area contributed by atoms with E-state index in [9.17, 15) is 4.79 Å². The molecule has 124 valence electrons. The number of H-pyrrole nitrogens is 1. The van der Waals surface area contributed by atoms with Crippen molar-refractivity contribution in [3.8, 4) is 22.8 Å². The number of carbonyl (C=O) groups is 1. The Bertz CT molecular complexity index is 936. The Morgan fingerprint density at radius 1 is 1.24 bits per heavy atom. The standard InChI is InChI=1S/C17H13N5O3/c23-17(22-19-9-11-2-1-5-18-8-11)14-7-13(20-21-14)12-3-4-15-16(6-12)25-10-24-15/h1-9H,10H2,(H,20,21)(H,22,23)/b19-9+. The third-order valence-electron chi connectivity index (χ3n) is 3.55. The average molecular weight is 335 g/mol. The van der Waals surface area contributed by atoms with E-state index >= 15 is 0 Å². The summed E-state index contributed by atoms with van der Waals surface area (Å²) < 4.78 is 10.6. The van der Waals surface area contributed by atoms with E-state index in [2.05, 4.69) is 25.7 Å². The smallest absolute Gasteiger partial charge is 0.289 e. The van der Waals surface area contributed by atoms with Gasteiger partial charge in [0.05, 0.1) is 11.9 Å². The number of fused-ring (bicyclic) bond motifs is 1. The predicted octanol–water partition coefficient (Wildman–Crippen LogP) is 1.96. The maximum atomic E-state index is 12.1. The molecule has 8 nitrogen and oxygen atoms in total. The van der Waals surface area contributed by atoms with Crippen LogP contribution < -0.4 is 14.9 Å². The minimum Gasteiger partial charge on any atom is -0.454 e. The van der Waals surface area contributed by atoms with Crippen molar-refractivity contribution in [2.45, 2.75) is 0 Å². The van der Waals surface area contributed by atoms with Crippen LogP contribution in [0.1, 0.15) is 16.1 Å². The Labute approximate surface area is 142 Å². The number of nitrogens with one attached hydrogen (secondary N) is 2. The summed E-state index contributed by atoms with van der Waals surface area (Å²) in [5.41, 5.74) is 4.97. The number of nitrogens with zero attached hydrogens (tertiary/aromatic N) is 3. The molecule has 3 heterocycles. The minimum atomic E-state index is -0.389. The molecule has 4 rings (SSSR count). The van der Waals surface area contributed by atoms with Gasteiger partial charge in [0.25, 0.3) is 5.91 Å². The monoisotopic (exact) mass is 335 g/mol. The molecule has 0 fully saturated rings. The number of carbonyl (C=O) groups excluding carboxylic acids is 1. The van der Waals surface area contributed by atoms with E-state index in [1.54, 1.807) is 24.5 Å². The van der Waals surface area contributed by atoms with Crippen molar-refractivity contribution in [1.82, 2.24) is 20.6 Å². The molecule has 25 heavy (non-hydrogen) atoms. The molecule has 2 aromatic heterocycles. The molecule has 3 aromatic rings. The summed E-state index contributed by atoms with van der Waals surface area (Å²) in [6.07, 6.45) is 4.82. The van der Waals surface area contributed by atoms with Gasteiger partial charge in [-0.1, -0.05) is 6.07 Å². The van der Waals surface area contributed by atoms with Crippen LogP contribution in [-0.2, 0) is 0 Å². The van der Waals surface area contributed by atoms with Crippen molar-refractivity contribution in [3.63, 3.8) is 0 Å². The Kier molecular flexibility index (Phi) is 3.83. The highest BCUT2D eigenvalue weighted by Crippen LogP contribution is 2.35. The lowest BCUT2D eigenvalue weighted by Crippen LogP contribution is -2.18. The fourth-order valence-electron chi connectivity index (χ4n) is 2.32. The Balaban J connectivity index is 1.45. The minimum absolute atomic E-state index is 0.210. The van der Waals surface area contributed by atoms with E-state index in [-0.39, 0.29) is 12.7 Å². The van der Waals surface area contributed by atoms with E-state index in [1.807, 2.05) is 24.3 Å². The highest BCUT2D eigenvalue weighted by molar-refractivity contribution is 5.94. The maximum absolute atomic E-state index is 12.1. The van der Waals surface area contributed by atoms with Crippen LogP contribution in [0.3, 0.4) is 0 Å². The second-order valence-electron chi connectivity index (χ2n) is 5.22. The predicted molar refractivity (Wildman–Crippen MR) is 89.4 cm³/mol. The van der Waals surface area contributed by atoms with Gasteiger partial charge in [-0.25, -0.2) is 5.43 Å². The van der Waals surface area contributed by atoms with Crippen molar-refractivity contribution in [1.29, 1.82) is 0 Å². The number of aromatic amines is 1. The molecule has 0 saturated heterocycles. The van der Waals surface area contributed by atoms with Crippen molar-refractivity contribution < 1.29 is 14.3 Å². The van der Waals surface area contributed by atoms with Crippen LogP contribution in [-0.4, -0.2) is 34.1 Å². The highest BCUT2D eigenvalue weighted by atomic mass is 16.7. The van der Waals surface area contributed by atoms with Gasteiger partial charge in [-0.3, -0.25) is 14.9 Å². The second kappa shape index (κ2) is 6.44. The number of hydrogen-bond acceptors (Lipinski definition) is 6. The largest absolute Gasteiger partial charge is 0.454 e. The molecule has 0 unspecified atom stereocenters. The summed E-state index contributed by atoms with van der Waals surface area (Å²) in [5, 5.41) is 10.8. The van der Waals surface area contributed by atoms with Gasteiger partial charge in [-0.05, 0) is 30.3 Å². The third-order valence-corrected chi connectivity index (χ3v) is 3.55. The quantitative estimate of drug-likeness (QED) is 0.561. The fraction of sp³-hybridized carbons (Fsp3) is 0.0588. The SMILES string of the molecule is O=C(N/N=C/c1cccnc1)c1cc(-c2ccc3c(c2)OCO3)n[nH]1. The van der Waals surface area contributed by atoms with E-state index in [4.69, 9.17) is 9.47 Å². The van der Waals surface area contributed by atoms with Gasteiger partial charge < -0.3 is 9.47 Å². The van der Waals surface area contributed by atoms with Gasteiger partial charge in [0, 0.05) is 23.5 Å². The lowest BCUT2D eigenvalue weighted by molar-refractivity contribution is 0.0950. The van der Waals surface area contributed by atoms with Crippen molar-refractivity contribution in [2.75, 3.05) is 6.79 Å². The molecule has 8 heteroatoms. The number of hydrazone groups is 1. The maximum Gasteiger partial charge on any atom is 0.289 e. The van der Waals surface area contributed by atoms with Crippen LogP contribution in [0.2, 0.25) is 0 Å². The molecule has 0 radical (unpaired) electrons. The van der Waals surface area contributed by atoms with Crippen LogP contribution in [0.25, 0.3) is 11.3 Å². The molecule has 1 aliphatic heterocycles. The molecule has 1 aliphatic rings. The van der Waals surface area contributed by atoms with Gasteiger partial charge >= 0.3 is 0 Å². The first-order valence-corrected chi connectivity index (χ1v) is 7.48. The lowest BCUT2D eigenvalue weighted by Gasteiger charge is -1.99. The number of benzene rings is 1. The van der Waals surface area contributed by atoms with Crippen LogP contribution >= 0.6 is 0 Å². The molecule has 2 N–H and O–H groups in total. The third kappa shape index (κ3) is 3.18. The zero-order valence-electron chi connectivity index (χ0n) is 13.0. The first-order chi connectivity index (χ1) is 12.3. The van der Waals surface area contributed by atoms with E-state index in [0.29, 0.717) is 22.9 Å². The molecular weight excluding hydrogens is 322 g/mol. The Hall–Kier alpha value is -3.68. The number of amides is 1. The van der Waals surface area contributed by atoms with Gasteiger partial charge in [-0.15, -0.1) is 0 Å². The van der Waals surface area contributed by atoms with Crippen molar-refractivity contribution in [2.24, 2.45) is 5.10 Å². The van der Waals surface area contributed by atoms with Crippen LogP contribution in [0, 0.1) is 0 Å². The van der Waals surface area contributed by atoms with Crippen molar-refractivity contribution >= 4 is 12.1 Å². The molecule has 0 aliphatic carbocycles. The zero-order valence-corrected chi connectivity index (χ0v) is 13.0.